The lowest BCUT2D eigenvalue weighted by Gasteiger charge is -2.06. The predicted octanol–water partition coefficient (Wildman–Crippen LogP) is 5.17. The lowest BCUT2D eigenvalue weighted by molar-refractivity contribution is 0.563. The molecule has 0 aliphatic heterocycles. The van der Waals surface area contributed by atoms with Gasteiger partial charge in [0.1, 0.15) is 10.8 Å². The lowest BCUT2D eigenvalue weighted by atomic mass is 10.0. The van der Waals surface area contributed by atoms with Gasteiger partial charge in [-0.15, -0.1) is 0 Å². The maximum atomic E-state index is 14.5. The number of aromatic nitrogens is 4. The fourth-order valence-corrected chi connectivity index (χ4v) is 3.25. The molecule has 0 saturated heterocycles. The molecular formula is C20H15Cl2FN4. The van der Waals surface area contributed by atoms with E-state index < -0.39 is 5.95 Å². The van der Waals surface area contributed by atoms with Gasteiger partial charge in [-0.3, -0.25) is 0 Å². The number of aryl methyl sites for hydroxylation is 2. The van der Waals surface area contributed by atoms with Crippen LogP contribution in [0.2, 0.25) is 10.2 Å². The molecule has 4 aromatic heterocycles. The summed E-state index contributed by atoms with van der Waals surface area (Å²) in [6.07, 6.45) is 6.91. The van der Waals surface area contributed by atoms with Crippen molar-refractivity contribution in [3.05, 3.63) is 87.4 Å². The summed E-state index contributed by atoms with van der Waals surface area (Å²) in [7, 11) is 0. The molecule has 0 unspecified atom stereocenters. The van der Waals surface area contributed by atoms with Gasteiger partial charge < -0.3 is 4.98 Å². The standard InChI is InChI=1S/C20H15Cl2FN4/c21-15-8-17-14(10-25-20(17)26-11-15)7-13-3-5-16(27-19(13)23)4-1-12-2-6-18(22)24-9-12/h2-3,5-6,8-11H,1,4,7H2,(H,25,26). The van der Waals surface area contributed by atoms with Crippen molar-refractivity contribution >= 4 is 34.2 Å². The molecule has 0 amide bonds. The maximum absolute atomic E-state index is 14.5. The highest BCUT2D eigenvalue weighted by atomic mass is 35.5. The second kappa shape index (κ2) is 7.62. The van der Waals surface area contributed by atoms with Crippen LogP contribution in [0.3, 0.4) is 0 Å². The van der Waals surface area contributed by atoms with Crippen LogP contribution in [0.4, 0.5) is 4.39 Å². The van der Waals surface area contributed by atoms with Gasteiger partial charge in [-0.1, -0.05) is 35.3 Å². The monoisotopic (exact) mass is 400 g/mol. The van der Waals surface area contributed by atoms with Crippen LogP contribution >= 0.6 is 23.2 Å². The Hall–Kier alpha value is -2.50. The van der Waals surface area contributed by atoms with Crippen molar-refractivity contribution in [2.24, 2.45) is 0 Å². The highest BCUT2D eigenvalue weighted by molar-refractivity contribution is 6.31. The van der Waals surface area contributed by atoms with E-state index in [-0.39, 0.29) is 0 Å². The predicted molar refractivity (Wildman–Crippen MR) is 105 cm³/mol. The summed E-state index contributed by atoms with van der Waals surface area (Å²) in [5.74, 6) is -0.453. The average Bonchev–Trinajstić information content (AvgIpc) is 3.05. The zero-order valence-electron chi connectivity index (χ0n) is 14.2. The number of hydrogen-bond acceptors (Lipinski definition) is 3. The molecule has 0 aliphatic carbocycles. The fourth-order valence-electron chi connectivity index (χ4n) is 2.98. The molecule has 0 atom stereocenters. The van der Waals surface area contributed by atoms with Crippen molar-refractivity contribution in [2.75, 3.05) is 0 Å². The number of fused-ring (bicyclic) bond motifs is 1. The third-order valence-corrected chi connectivity index (χ3v) is 4.84. The summed E-state index contributed by atoms with van der Waals surface area (Å²) >= 11 is 11.8. The smallest absolute Gasteiger partial charge is 0.216 e. The quantitative estimate of drug-likeness (QED) is 0.469. The van der Waals surface area contributed by atoms with Crippen LogP contribution in [-0.4, -0.2) is 19.9 Å². The Morgan fingerprint density at radius 1 is 0.963 bits per heavy atom. The fraction of sp³-hybridized carbons (Fsp3) is 0.150. The summed E-state index contributed by atoms with van der Waals surface area (Å²) in [4.78, 5) is 15.5. The van der Waals surface area contributed by atoms with Crippen LogP contribution in [0.25, 0.3) is 11.0 Å². The van der Waals surface area contributed by atoms with Crippen molar-refractivity contribution in [1.82, 2.24) is 19.9 Å². The Morgan fingerprint density at radius 3 is 2.63 bits per heavy atom. The molecule has 0 saturated carbocycles. The molecule has 0 radical (unpaired) electrons. The molecule has 4 heterocycles. The third-order valence-electron chi connectivity index (χ3n) is 4.41. The van der Waals surface area contributed by atoms with Crippen molar-refractivity contribution < 1.29 is 4.39 Å². The van der Waals surface area contributed by atoms with Crippen LogP contribution in [-0.2, 0) is 19.3 Å². The van der Waals surface area contributed by atoms with E-state index in [0.717, 1.165) is 28.6 Å². The topological polar surface area (TPSA) is 54.5 Å². The van der Waals surface area contributed by atoms with Crippen molar-refractivity contribution in [2.45, 2.75) is 19.3 Å². The van der Waals surface area contributed by atoms with Crippen LogP contribution < -0.4 is 0 Å². The Labute approximate surface area is 165 Å². The highest BCUT2D eigenvalue weighted by Gasteiger charge is 2.11. The first-order valence-electron chi connectivity index (χ1n) is 8.45. The van der Waals surface area contributed by atoms with Crippen molar-refractivity contribution in [3.63, 3.8) is 0 Å². The van der Waals surface area contributed by atoms with Gasteiger partial charge in [0.05, 0.1) is 5.02 Å². The Balaban J connectivity index is 1.49. The van der Waals surface area contributed by atoms with E-state index in [9.17, 15) is 4.39 Å². The number of nitrogens with zero attached hydrogens (tertiary/aromatic N) is 3. The number of aromatic amines is 1. The summed E-state index contributed by atoms with van der Waals surface area (Å²) < 4.78 is 14.5. The zero-order chi connectivity index (χ0) is 18.8. The number of H-pyrrole nitrogens is 1. The molecule has 0 fully saturated rings. The molecule has 7 heteroatoms. The van der Waals surface area contributed by atoms with Gasteiger partial charge in [-0.2, -0.15) is 4.39 Å². The van der Waals surface area contributed by atoms with Gasteiger partial charge in [-0.25, -0.2) is 15.0 Å². The third kappa shape index (κ3) is 4.10. The van der Waals surface area contributed by atoms with Gasteiger partial charge >= 0.3 is 0 Å². The lowest BCUT2D eigenvalue weighted by Crippen LogP contribution is -2.01. The first-order chi connectivity index (χ1) is 13.1. The van der Waals surface area contributed by atoms with E-state index in [4.69, 9.17) is 23.2 Å². The van der Waals surface area contributed by atoms with E-state index in [1.54, 1.807) is 24.5 Å². The van der Waals surface area contributed by atoms with Gasteiger partial charge in [0.15, 0.2) is 0 Å². The first-order valence-corrected chi connectivity index (χ1v) is 9.20. The van der Waals surface area contributed by atoms with E-state index in [2.05, 4.69) is 19.9 Å². The first kappa shape index (κ1) is 17.9. The molecular weight excluding hydrogens is 386 g/mol. The summed E-state index contributed by atoms with van der Waals surface area (Å²) in [5, 5.41) is 1.90. The van der Waals surface area contributed by atoms with Gasteiger partial charge in [-0.05, 0) is 42.2 Å². The molecule has 0 aromatic carbocycles. The highest BCUT2D eigenvalue weighted by Crippen LogP contribution is 2.23. The molecule has 0 aliphatic rings. The second-order valence-corrected chi connectivity index (χ2v) is 7.11. The average molecular weight is 401 g/mol. The summed E-state index contributed by atoms with van der Waals surface area (Å²) in [6.45, 7) is 0. The molecule has 0 spiro atoms. The SMILES string of the molecule is Fc1nc(CCc2ccc(Cl)nc2)ccc1Cc1c[nH]c2ncc(Cl)cc12. The van der Waals surface area contributed by atoms with Gasteiger partial charge in [0.25, 0.3) is 0 Å². The largest absolute Gasteiger partial charge is 0.346 e. The van der Waals surface area contributed by atoms with Crippen LogP contribution in [0, 0.1) is 5.95 Å². The van der Waals surface area contributed by atoms with Crippen LogP contribution in [0.1, 0.15) is 22.4 Å². The number of hydrogen-bond donors (Lipinski definition) is 1. The minimum Gasteiger partial charge on any atom is -0.346 e. The van der Waals surface area contributed by atoms with E-state index in [1.807, 2.05) is 24.4 Å². The summed E-state index contributed by atoms with van der Waals surface area (Å²) in [5.41, 5.74) is 3.94. The molecule has 4 nitrogen and oxygen atoms in total. The zero-order valence-corrected chi connectivity index (χ0v) is 15.7. The van der Waals surface area contributed by atoms with E-state index in [1.165, 1.54) is 0 Å². The molecule has 27 heavy (non-hydrogen) atoms. The molecule has 4 aromatic rings. The minimum atomic E-state index is -0.453. The maximum Gasteiger partial charge on any atom is 0.216 e. The minimum absolute atomic E-state index is 0.419. The number of pyridine rings is 3. The number of nitrogens with one attached hydrogen (secondary N) is 1. The Kier molecular flexibility index (Phi) is 5.05. The van der Waals surface area contributed by atoms with Crippen molar-refractivity contribution in [1.29, 1.82) is 0 Å². The van der Waals surface area contributed by atoms with Crippen molar-refractivity contribution in [3.8, 4) is 0 Å². The van der Waals surface area contributed by atoms with E-state index >= 15 is 0 Å². The summed E-state index contributed by atoms with van der Waals surface area (Å²) in [6, 6.07) is 9.14. The molecule has 136 valence electrons. The number of halogens is 3. The molecule has 0 bridgehead atoms. The number of rotatable bonds is 5. The van der Waals surface area contributed by atoms with Gasteiger partial charge in [0, 0.05) is 41.7 Å². The van der Waals surface area contributed by atoms with E-state index in [0.29, 0.717) is 34.3 Å². The Bertz CT molecular complexity index is 1090. The Morgan fingerprint density at radius 2 is 1.85 bits per heavy atom. The van der Waals surface area contributed by atoms with Crippen LogP contribution in [0.5, 0.6) is 0 Å². The normalized spacial score (nSPS) is 11.2. The molecule has 4 rings (SSSR count). The second-order valence-electron chi connectivity index (χ2n) is 6.28. The molecule has 1 N–H and O–H groups in total. The van der Waals surface area contributed by atoms with Crippen LogP contribution in [0.15, 0.2) is 48.9 Å². The van der Waals surface area contributed by atoms with Gasteiger partial charge in [0.2, 0.25) is 5.95 Å².